The van der Waals surface area contributed by atoms with Crippen LogP contribution in [0.25, 0.3) is 0 Å². The van der Waals surface area contributed by atoms with Gasteiger partial charge in [0.2, 0.25) is 5.91 Å². The van der Waals surface area contributed by atoms with E-state index in [1.165, 1.54) is 32.2 Å². The topological polar surface area (TPSA) is 53.6 Å². The monoisotopic (exact) mass is 297 g/mol. The molecule has 2 rings (SSSR count). The predicted octanol–water partition coefficient (Wildman–Crippen LogP) is 1.13. The van der Waals surface area contributed by atoms with Crippen LogP contribution in [0.4, 0.5) is 0 Å². The Morgan fingerprint density at radius 2 is 2.29 bits per heavy atom. The number of hydrogen-bond donors (Lipinski definition) is 2. The smallest absolute Gasteiger partial charge is 0.236 e. The number of amides is 1. The fourth-order valence-electron chi connectivity index (χ4n) is 3.15. The highest BCUT2D eigenvalue weighted by Crippen LogP contribution is 2.22. The van der Waals surface area contributed by atoms with E-state index in [1.54, 1.807) is 0 Å². The van der Waals surface area contributed by atoms with Gasteiger partial charge >= 0.3 is 0 Å². The molecule has 0 radical (unpaired) electrons. The largest absolute Gasteiger partial charge is 0.374 e. The van der Waals surface area contributed by atoms with Gasteiger partial charge in [0.15, 0.2) is 0 Å². The fraction of sp³-hybridized carbons (Fsp3) is 0.938. The van der Waals surface area contributed by atoms with Crippen LogP contribution in [0.2, 0.25) is 0 Å². The van der Waals surface area contributed by atoms with Gasteiger partial charge in [-0.2, -0.15) is 0 Å². The third-order valence-corrected chi connectivity index (χ3v) is 4.59. The molecule has 21 heavy (non-hydrogen) atoms. The van der Waals surface area contributed by atoms with Crippen molar-refractivity contribution in [3.05, 3.63) is 0 Å². The Morgan fingerprint density at radius 1 is 1.43 bits per heavy atom. The lowest BCUT2D eigenvalue weighted by atomic mass is 10.2. The van der Waals surface area contributed by atoms with Crippen LogP contribution in [0.5, 0.6) is 0 Å². The van der Waals surface area contributed by atoms with Gasteiger partial charge < -0.3 is 15.4 Å². The number of hydrogen-bond acceptors (Lipinski definition) is 4. The molecule has 2 heterocycles. The molecule has 3 unspecified atom stereocenters. The second-order valence-electron chi connectivity index (χ2n) is 6.37. The van der Waals surface area contributed by atoms with Crippen LogP contribution >= 0.6 is 0 Å². The van der Waals surface area contributed by atoms with Crippen molar-refractivity contribution in [1.82, 2.24) is 15.5 Å². The molecule has 0 aromatic rings. The van der Waals surface area contributed by atoms with E-state index in [2.05, 4.69) is 22.5 Å². The van der Waals surface area contributed by atoms with Gasteiger partial charge in [-0.3, -0.25) is 9.69 Å². The summed E-state index contributed by atoms with van der Waals surface area (Å²) in [4.78, 5) is 14.5. The van der Waals surface area contributed by atoms with Gasteiger partial charge in [0.1, 0.15) is 0 Å². The Labute approximate surface area is 128 Å². The third kappa shape index (κ3) is 5.24. The minimum Gasteiger partial charge on any atom is -0.374 e. The van der Waals surface area contributed by atoms with Crippen molar-refractivity contribution in [1.29, 1.82) is 0 Å². The van der Waals surface area contributed by atoms with E-state index >= 15 is 0 Å². The van der Waals surface area contributed by atoms with Gasteiger partial charge in [-0.25, -0.2) is 0 Å². The Hall–Kier alpha value is -0.650. The fourth-order valence-corrected chi connectivity index (χ4v) is 3.15. The first kappa shape index (κ1) is 16.7. The quantitative estimate of drug-likeness (QED) is 0.660. The molecule has 0 aliphatic carbocycles. The molecule has 5 heteroatoms. The summed E-state index contributed by atoms with van der Waals surface area (Å²) in [6.07, 6.45) is 6.21. The number of rotatable bonds is 8. The number of nitrogens with zero attached hydrogens (tertiary/aromatic N) is 1. The number of carbonyl (C=O) groups is 1. The Morgan fingerprint density at radius 3 is 3.10 bits per heavy atom. The zero-order valence-corrected chi connectivity index (χ0v) is 13.6. The van der Waals surface area contributed by atoms with E-state index in [1.807, 2.05) is 6.92 Å². The van der Waals surface area contributed by atoms with Crippen LogP contribution in [-0.2, 0) is 9.53 Å². The Kier molecular flexibility index (Phi) is 6.93. The van der Waals surface area contributed by atoms with Crippen molar-refractivity contribution in [3.8, 4) is 0 Å². The summed E-state index contributed by atoms with van der Waals surface area (Å²) in [5, 5.41) is 6.30. The maximum absolute atomic E-state index is 11.9. The lowest BCUT2D eigenvalue weighted by Crippen LogP contribution is -2.52. The zero-order chi connectivity index (χ0) is 15.1. The molecular weight excluding hydrogens is 266 g/mol. The molecule has 122 valence electrons. The van der Waals surface area contributed by atoms with E-state index in [4.69, 9.17) is 4.74 Å². The predicted molar refractivity (Wildman–Crippen MR) is 84.3 cm³/mol. The van der Waals surface area contributed by atoms with Crippen molar-refractivity contribution in [2.75, 3.05) is 32.8 Å². The molecule has 5 nitrogen and oxygen atoms in total. The Balaban J connectivity index is 1.59. The van der Waals surface area contributed by atoms with Crippen LogP contribution < -0.4 is 10.6 Å². The van der Waals surface area contributed by atoms with Crippen LogP contribution in [0.15, 0.2) is 0 Å². The molecule has 2 aliphatic heterocycles. The molecule has 2 aliphatic rings. The van der Waals surface area contributed by atoms with Crippen molar-refractivity contribution in [2.24, 2.45) is 0 Å². The molecule has 0 aromatic carbocycles. The molecule has 3 atom stereocenters. The normalized spacial score (nSPS) is 27.3. The molecule has 1 amide bonds. The molecule has 0 spiro atoms. The molecular formula is C16H31N3O2. The molecule has 2 N–H and O–H groups in total. The minimum absolute atomic E-state index is 0.0981. The average Bonchev–Trinajstić information content (AvgIpc) is 2.96. The number of morpholine rings is 1. The van der Waals surface area contributed by atoms with E-state index in [9.17, 15) is 4.79 Å². The maximum Gasteiger partial charge on any atom is 0.236 e. The van der Waals surface area contributed by atoms with E-state index < -0.39 is 0 Å². The van der Waals surface area contributed by atoms with Gasteiger partial charge in [0.25, 0.3) is 0 Å². The van der Waals surface area contributed by atoms with E-state index in [-0.39, 0.29) is 18.1 Å². The highest BCUT2D eigenvalue weighted by molar-refractivity contribution is 5.81. The zero-order valence-electron chi connectivity index (χ0n) is 13.6. The number of carbonyl (C=O) groups excluding carboxylic acids is 1. The third-order valence-electron chi connectivity index (χ3n) is 4.59. The first-order chi connectivity index (χ1) is 10.2. The molecule has 0 saturated carbocycles. The summed E-state index contributed by atoms with van der Waals surface area (Å²) in [7, 11) is 0. The van der Waals surface area contributed by atoms with Gasteiger partial charge in [0, 0.05) is 25.7 Å². The second-order valence-corrected chi connectivity index (χ2v) is 6.37. The summed E-state index contributed by atoms with van der Waals surface area (Å²) in [5.74, 6) is 0.0981. The second kappa shape index (κ2) is 8.71. The van der Waals surface area contributed by atoms with Gasteiger partial charge in [-0.15, -0.1) is 0 Å². The summed E-state index contributed by atoms with van der Waals surface area (Å²) in [6, 6.07) is 0.493. The van der Waals surface area contributed by atoms with Crippen LogP contribution in [0, 0.1) is 0 Å². The summed E-state index contributed by atoms with van der Waals surface area (Å²) in [5.41, 5.74) is 0. The lowest BCUT2D eigenvalue weighted by molar-refractivity contribution is -0.123. The summed E-state index contributed by atoms with van der Waals surface area (Å²) < 4.78 is 5.90. The standard InChI is InChI=1S/C16H31N3O2/c1-3-4-5-8-17-16(20)13(2)18-10-15-11-19-9-6-7-14(19)12-21-15/h13-15,18H,3-12H2,1-2H3,(H,17,20). The first-order valence-electron chi connectivity index (χ1n) is 8.57. The van der Waals surface area contributed by atoms with Gasteiger partial charge in [-0.05, 0) is 32.7 Å². The van der Waals surface area contributed by atoms with E-state index in [0.717, 1.165) is 32.7 Å². The Bertz CT molecular complexity index is 325. The SMILES string of the molecule is CCCCCNC(=O)C(C)NCC1CN2CCCC2CO1. The van der Waals surface area contributed by atoms with Crippen LogP contribution in [-0.4, -0.2) is 61.8 Å². The minimum atomic E-state index is -0.147. The molecule has 2 saturated heterocycles. The molecule has 2 fully saturated rings. The van der Waals surface area contributed by atoms with Gasteiger partial charge in [0.05, 0.1) is 18.8 Å². The van der Waals surface area contributed by atoms with Crippen molar-refractivity contribution < 1.29 is 9.53 Å². The number of nitrogens with one attached hydrogen (secondary N) is 2. The van der Waals surface area contributed by atoms with Crippen LogP contribution in [0.1, 0.15) is 46.0 Å². The van der Waals surface area contributed by atoms with Crippen molar-refractivity contribution in [2.45, 2.75) is 64.1 Å². The lowest BCUT2D eigenvalue weighted by Gasteiger charge is -2.35. The van der Waals surface area contributed by atoms with Crippen molar-refractivity contribution >= 4 is 5.91 Å². The molecule has 0 bridgehead atoms. The summed E-state index contributed by atoms with van der Waals surface area (Å²) in [6.45, 7) is 8.70. The molecule has 0 aromatic heterocycles. The van der Waals surface area contributed by atoms with Crippen molar-refractivity contribution in [3.63, 3.8) is 0 Å². The maximum atomic E-state index is 11.9. The number of ether oxygens (including phenoxy) is 1. The van der Waals surface area contributed by atoms with Gasteiger partial charge in [-0.1, -0.05) is 19.8 Å². The van der Waals surface area contributed by atoms with Crippen LogP contribution in [0.3, 0.4) is 0 Å². The summed E-state index contributed by atoms with van der Waals surface area (Å²) >= 11 is 0. The van der Waals surface area contributed by atoms with E-state index in [0.29, 0.717) is 6.04 Å². The average molecular weight is 297 g/mol. The highest BCUT2D eigenvalue weighted by atomic mass is 16.5. The number of unbranched alkanes of at least 4 members (excludes halogenated alkanes) is 2. The highest BCUT2D eigenvalue weighted by Gasteiger charge is 2.32. The first-order valence-corrected chi connectivity index (χ1v) is 8.57. The number of fused-ring (bicyclic) bond motifs is 1.